The second-order valence-corrected chi connectivity index (χ2v) is 1.53. The predicted molar refractivity (Wildman–Crippen MR) is 25.6 cm³/mol. The van der Waals surface area contributed by atoms with Crippen molar-refractivity contribution in [3.05, 3.63) is 0 Å². The molecule has 0 aromatic carbocycles. The standard InChI is InChI=1S/C4H11NO.Ni/c1-5(2)3-4-6;/h6H,3-4H2,1-2H3;. The summed E-state index contributed by atoms with van der Waals surface area (Å²) >= 11 is 0. The number of aliphatic hydroxyl groups is 1. The predicted octanol–water partition coefficient (Wildman–Crippen LogP) is -0.462. The van der Waals surface area contributed by atoms with Crippen molar-refractivity contribution < 1.29 is 21.6 Å². The molecule has 0 aliphatic carbocycles. The molecule has 0 saturated heterocycles. The van der Waals surface area contributed by atoms with Crippen LogP contribution in [-0.2, 0) is 16.5 Å². The van der Waals surface area contributed by atoms with E-state index >= 15 is 0 Å². The van der Waals surface area contributed by atoms with Crippen LogP contribution in [0.25, 0.3) is 0 Å². The Bertz CT molecular complexity index is 32.9. The van der Waals surface area contributed by atoms with Crippen LogP contribution in [0.2, 0.25) is 0 Å². The molecule has 0 aromatic heterocycles. The van der Waals surface area contributed by atoms with Gasteiger partial charge in [0, 0.05) is 23.0 Å². The van der Waals surface area contributed by atoms with Crippen molar-refractivity contribution in [3.63, 3.8) is 0 Å². The molecule has 0 fully saturated rings. The summed E-state index contributed by atoms with van der Waals surface area (Å²) in [5, 5.41) is 8.20. The minimum Gasteiger partial charge on any atom is -0.395 e. The number of aliphatic hydroxyl groups excluding tert-OH is 1. The van der Waals surface area contributed by atoms with Crippen molar-refractivity contribution in [3.8, 4) is 0 Å². The summed E-state index contributed by atoms with van der Waals surface area (Å²) in [6.07, 6.45) is 0. The second-order valence-electron chi connectivity index (χ2n) is 1.53. The zero-order valence-electron chi connectivity index (χ0n) is 4.62. The van der Waals surface area contributed by atoms with Crippen LogP contribution in [0.5, 0.6) is 0 Å². The third-order valence-corrected chi connectivity index (χ3v) is 0.547. The molecule has 1 N–H and O–H groups in total. The third-order valence-electron chi connectivity index (χ3n) is 0.547. The Kier molecular flexibility index (Phi) is 9.53. The van der Waals surface area contributed by atoms with Crippen LogP contribution >= 0.6 is 0 Å². The molecule has 0 bridgehead atoms. The van der Waals surface area contributed by atoms with E-state index < -0.39 is 0 Å². The molecule has 0 saturated carbocycles. The minimum absolute atomic E-state index is 0. The van der Waals surface area contributed by atoms with Crippen LogP contribution in [0.4, 0.5) is 0 Å². The van der Waals surface area contributed by atoms with E-state index in [1.54, 1.807) is 0 Å². The van der Waals surface area contributed by atoms with Gasteiger partial charge in [-0.15, -0.1) is 0 Å². The average Bonchev–Trinajstić information content (AvgIpc) is 1.35. The first-order chi connectivity index (χ1) is 2.77. The van der Waals surface area contributed by atoms with Crippen molar-refractivity contribution in [2.45, 2.75) is 0 Å². The van der Waals surface area contributed by atoms with E-state index in [1.165, 1.54) is 0 Å². The Morgan fingerprint density at radius 2 is 1.86 bits per heavy atom. The summed E-state index contributed by atoms with van der Waals surface area (Å²) < 4.78 is 0. The molecule has 0 unspecified atom stereocenters. The van der Waals surface area contributed by atoms with Crippen molar-refractivity contribution >= 4 is 0 Å². The largest absolute Gasteiger partial charge is 0.395 e. The summed E-state index contributed by atoms with van der Waals surface area (Å²) in [5.41, 5.74) is 0. The zero-order valence-corrected chi connectivity index (χ0v) is 5.61. The summed E-state index contributed by atoms with van der Waals surface area (Å²) in [5.74, 6) is 0. The van der Waals surface area contributed by atoms with Gasteiger partial charge >= 0.3 is 0 Å². The number of nitrogens with zero attached hydrogens (tertiary/aromatic N) is 1. The first-order valence-electron chi connectivity index (χ1n) is 2.03. The summed E-state index contributed by atoms with van der Waals surface area (Å²) in [7, 11) is 3.85. The van der Waals surface area contributed by atoms with Gasteiger partial charge in [-0.25, -0.2) is 0 Å². The van der Waals surface area contributed by atoms with Crippen molar-refractivity contribution in [2.24, 2.45) is 0 Å². The van der Waals surface area contributed by atoms with Gasteiger partial charge in [-0.2, -0.15) is 0 Å². The van der Waals surface area contributed by atoms with Crippen LogP contribution in [0.3, 0.4) is 0 Å². The van der Waals surface area contributed by atoms with Crippen LogP contribution < -0.4 is 0 Å². The fraction of sp³-hybridized carbons (Fsp3) is 1.00. The Labute approximate surface area is 54.4 Å². The van der Waals surface area contributed by atoms with Crippen LogP contribution in [0.15, 0.2) is 0 Å². The molecule has 0 amide bonds. The molecule has 0 rings (SSSR count). The van der Waals surface area contributed by atoms with Gasteiger partial charge in [0.25, 0.3) is 0 Å². The maximum atomic E-state index is 8.20. The third kappa shape index (κ3) is 10.7. The van der Waals surface area contributed by atoms with E-state index in [1.807, 2.05) is 19.0 Å². The SMILES string of the molecule is CN(C)CCO.[Ni]. The number of rotatable bonds is 2. The topological polar surface area (TPSA) is 23.5 Å². The maximum absolute atomic E-state index is 8.20. The molecule has 0 spiro atoms. The first-order valence-corrected chi connectivity index (χ1v) is 2.03. The van der Waals surface area contributed by atoms with Crippen molar-refractivity contribution in [2.75, 3.05) is 27.2 Å². The average molecular weight is 148 g/mol. The van der Waals surface area contributed by atoms with Gasteiger partial charge in [0.15, 0.2) is 0 Å². The van der Waals surface area contributed by atoms with E-state index in [-0.39, 0.29) is 23.1 Å². The van der Waals surface area contributed by atoms with E-state index in [4.69, 9.17) is 5.11 Å². The fourth-order valence-corrected chi connectivity index (χ4v) is 0.200. The minimum atomic E-state index is 0. The molecular formula is C4H11NNiO. The molecule has 0 atom stereocenters. The Morgan fingerprint density at radius 1 is 1.43 bits per heavy atom. The van der Waals surface area contributed by atoms with Crippen molar-refractivity contribution in [1.29, 1.82) is 0 Å². The van der Waals surface area contributed by atoms with Gasteiger partial charge < -0.3 is 10.0 Å². The molecule has 0 aliphatic rings. The molecule has 3 heteroatoms. The molecule has 2 nitrogen and oxygen atoms in total. The van der Waals surface area contributed by atoms with E-state index in [0.717, 1.165) is 6.54 Å². The normalized spacial score (nSPS) is 8.57. The molecular weight excluding hydrogens is 137 g/mol. The van der Waals surface area contributed by atoms with E-state index in [0.29, 0.717) is 0 Å². The number of hydrogen-bond acceptors (Lipinski definition) is 2. The summed E-state index contributed by atoms with van der Waals surface area (Å²) in [4.78, 5) is 1.93. The van der Waals surface area contributed by atoms with Gasteiger partial charge in [0.1, 0.15) is 0 Å². The van der Waals surface area contributed by atoms with Gasteiger partial charge in [-0.1, -0.05) is 0 Å². The first kappa shape index (κ1) is 10.4. The van der Waals surface area contributed by atoms with Crippen LogP contribution in [-0.4, -0.2) is 37.3 Å². The zero-order chi connectivity index (χ0) is 4.99. The van der Waals surface area contributed by atoms with Gasteiger partial charge in [-0.05, 0) is 14.1 Å². The van der Waals surface area contributed by atoms with Crippen LogP contribution in [0, 0.1) is 0 Å². The van der Waals surface area contributed by atoms with Gasteiger partial charge in [-0.3, -0.25) is 0 Å². The van der Waals surface area contributed by atoms with Gasteiger partial charge in [0.2, 0.25) is 0 Å². The van der Waals surface area contributed by atoms with E-state index in [2.05, 4.69) is 0 Å². The number of likely N-dealkylation sites (N-methyl/N-ethyl adjacent to an activating group) is 1. The Balaban J connectivity index is 0. The molecule has 0 heterocycles. The Hall–Kier alpha value is 0.414. The molecule has 0 aromatic rings. The Morgan fingerprint density at radius 3 is 1.86 bits per heavy atom. The van der Waals surface area contributed by atoms with Gasteiger partial charge in [0.05, 0.1) is 6.61 Å². The monoisotopic (exact) mass is 147 g/mol. The molecule has 48 valence electrons. The number of hydrogen-bond donors (Lipinski definition) is 1. The second kappa shape index (κ2) is 6.41. The van der Waals surface area contributed by atoms with E-state index in [9.17, 15) is 0 Å². The fourth-order valence-electron chi connectivity index (χ4n) is 0.200. The summed E-state index contributed by atoms with van der Waals surface area (Å²) in [6, 6.07) is 0. The molecule has 7 heavy (non-hydrogen) atoms. The maximum Gasteiger partial charge on any atom is 0.0558 e. The quantitative estimate of drug-likeness (QED) is 0.535. The molecule has 0 radical (unpaired) electrons. The smallest absolute Gasteiger partial charge is 0.0558 e. The van der Waals surface area contributed by atoms with Crippen molar-refractivity contribution in [1.82, 2.24) is 4.90 Å². The van der Waals surface area contributed by atoms with Crippen LogP contribution in [0.1, 0.15) is 0 Å². The molecule has 0 aliphatic heterocycles. The summed E-state index contributed by atoms with van der Waals surface area (Å²) in [6.45, 7) is 1.02.